The molecule has 0 N–H and O–H groups in total. The fourth-order valence-electron chi connectivity index (χ4n) is 2.39. The Morgan fingerprint density at radius 3 is 2.48 bits per heavy atom. The van der Waals surface area contributed by atoms with Crippen LogP contribution in [0.25, 0.3) is 0 Å². The van der Waals surface area contributed by atoms with Crippen LogP contribution >= 0.6 is 0 Å². The highest BCUT2D eigenvalue weighted by Gasteiger charge is 2.52. The Labute approximate surface area is 137 Å². The molecule has 1 atom stereocenters. The summed E-state index contributed by atoms with van der Waals surface area (Å²) in [6, 6.07) is 6.19. The van der Waals surface area contributed by atoms with E-state index in [2.05, 4.69) is 12.5 Å². The minimum Gasteiger partial charge on any atom is -0.423 e. The Morgan fingerprint density at radius 1 is 1.35 bits per heavy atom. The molecule has 6 heteroatoms. The van der Waals surface area contributed by atoms with Crippen LogP contribution < -0.4 is 0 Å². The number of nitrogens with zero attached hydrogens (tertiary/aromatic N) is 1. The molecular formula is C17H19NO4S. The van der Waals surface area contributed by atoms with E-state index in [9.17, 15) is 13.2 Å². The highest BCUT2D eigenvalue weighted by atomic mass is 32.2. The number of ether oxygens (including phenoxy) is 1. The molecule has 23 heavy (non-hydrogen) atoms. The molecule has 1 heterocycles. The van der Waals surface area contributed by atoms with Crippen LogP contribution in [0.5, 0.6) is 0 Å². The predicted octanol–water partition coefficient (Wildman–Crippen LogP) is 3.21. The SMILES string of the molecule is C#CC1(CCCC)OC(=O)N(S(=O)(=O)c2ccc(C)cc2)C1=C. The second-order valence-corrected chi connectivity index (χ2v) is 7.26. The van der Waals surface area contributed by atoms with Crippen LogP contribution in [0.2, 0.25) is 0 Å². The van der Waals surface area contributed by atoms with Crippen LogP contribution in [0.1, 0.15) is 31.7 Å². The van der Waals surface area contributed by atoms with Crippen molar-refractivity contribution in [1.82, 2.24) is 4.31 Å². The molecule has 0 radical (unpaired) electrons. The molecule has 1 aliphatic heterocycles. The maximum Gasteiger partial charge on any atom is 0.430 e. The van der Waals surface area contributed by atoms with Gasteiger partial charge in [0.2, 0.25) is 5.60 Å². The Kier molecular flexibility index (Phi) is 4.53. The number of sulfonamides is 1. The quantitative estimate of drug-likeness (QED) is 0.776. The first kappa shape index (κ1) is 17.1. The first-order valence-electron chi connectivity index (χ1n) is 7.30. The summed E-state index contributed by atoms with van der Waals surface area (Å²) in [6.07, 6.45) is 6.37. The highest BCUT2D eigenvalue weighted by molar-refractivity contribution is 7.89. The van der Waals surface area contributed by atoms with E-state index in [0.29, 0.717) is 17.1 Å². The van der Waals surface area contributed by atoms with Gasteiger partial charge in [0.25, 0.3) is 10.0 Å². The molecular weight excluding hydrogens is 314 g/mol. The molecule has 0 aliphatic carbocycles. The number of unbranched alkanes of at least 4 members (excludes halogenated alkanes) is 1. The molecule has 122 valence electrons. The normalized spacial score (nSPS) is 21.2. The smallest absolute Gasteiger partial charge is 0.423 e. The maximum atomic E-state index is 12.7. The van der Waals surface area contributed by atoms with Gasteiger partial charge in [-0.15, -0.1) is 6.42 Å². The van der Waals surface area contributed by atoms with Crippen LogP contribution in [-0.4, -0.2) is 24.4 Å². The van der Waals surface area contributed by atoms with Gasteiger partial charge in [0.15, 0.2) is 0 Å². The van der Waals surface area contributed by atoms with Gasteiger partial charge in [-0.25, -0.2) is 13.2 Å². The van der Waals surface area contributed by atoms with Crippen molar-refractivity contribution in [2.24, 2.45) is 0 Å². The number of rotatable bonds is 5. The first-order chi connectivity index (χ1) is 10.8. The largest absolute Gasteiger partial charge is 0.430 e. The van der Waals surface area contributed by atoms with Gasteiger partial charge < -0.3 is 4.74 Å². The Balaban J connectivity index is 2.44. The summed E-state index contributed by atoms with van der Waals surface area (Å²) in [5.74, 6) is 2.41. The Bertz CT molecular complexity index is 774. The molecule has 1 aromatic carbocycles. The van der Waals surface area contributed by atoms with Crippen LogP contribution in [0.4, 0.5) is 4.79 Å². The molecule has 1 fully saturated rings. The van der Waals surface area contributed by atoms with E-state index in [0.717, 1.165) is 12.0 Å². The fraction of sp³-hybridized carbons (Fsp3) is 0.353. The summed E-state index contributed by atoms with van der Waals surface area (Å²) in [5.41, 5.74) is -0.517. The molecule has 5 nitrogen and oxygen atoms in total. The Hall–Kier alpha value is -2.26. The van der Waals surface area contributed by atoms with Crippen LogP contribution in [0.3, 0.4) is 0 Å². The summed E-state index contributed by atoms with van der Waals surface area (Å²) in [5, 5.41) is 0. The third-order valence-corrected chi connectivity index (χ3v) is 5.53. The zero-order valence-corrected chi connectivity index (χ0v) is 14.0. The molecule has 0 saturated carbocycles. The van der Waals surface area contributed by atoms with E-state index in [-0.39, 0.29) is 10.6 Å². The summed E-state index contributed by atoms with van der Waals surface area (Å²) in [6.45, 7) is 7.53. The van der Waals surface area contributed by atoms with Gasteiger partial charge in [-0.2, -0.15) is 4.31 Å². The van der Waals surface area contributed by atoms with Gasteiger partial charge >= 0.3 is 6.09 Å². The summed E-state index contributed by atoms with van der Waals surface area (Å²) < 4.78 is 31.3. The third-order valence-electron chi connectivity index (χ3n) is 3.81. The standard InChI is InChI=1S/C17H19NO4S/c1-5-7-12-17(6-2)14(4)18(16(19)22-17)23(20,21)15-10-8-13(3)9-11-15/h2,8-11H,4-5,7,12H2,1,3H3. The van der Waals surface area contributed by atoms with Crippen LogP contribution in [0, 0.1) is 19.3 Å². The van der Waals surface area contributed by atoms with Crippen LogP contribution in [-0.2, 0) is 14.8 Å². The van der Waals surface area contributed by atoms with Crippen molar-refractivity contribution in [1.29, 1.82) is 0 Å². The lowest BCUT2D eigenvalue weighted by Gasteiger charge is -2.22. The predicted molar refractivity (Wildman–Crippen MR) is 86.9 cm³/mol. The first-order valence-corrected chi connectivity index (χ1v) is 8.74. The lowest BCUT2D eigenvalue weighted by atomic mass is 9.95. The molecule has 1 saturated heterocycles. The zero-order valence-electron chi connectivity index (χ0n) is 13.2. The van der Waals surface area contributed by atoms with E-state index < -0.39 is 21.7 Å². The van der Waals surface area contributed by atoms with Gasteiger partial charge in [-0.05, 0) is 25.5 Å². The topological polar surface area (TPSA) is 63.7 Å². The van der Waals surface area contributed by atoms with E-state index in [1.807, 2.05) is 13.8 Å². The second kappa shape index (κ2) is 6.09. The number of amides is 1. The molecule has 2 rings (SSSR count). The van der Waals surface area contributed by atoms with Gasteiger partial charge in [-0.1, -0.05) is 43.5 Å². The number of hydrogen-bond donors (Lipinski definition) is 0. The fourth-order valence-corrected chi connectivity index (χ4v) is 3.75. The van der Waals surface area contributed by atoms with Crippen molar-refractivity contribution in [2.45, 2.75) is 43.6 Å². The maximum absolute atomic E-state index is 12.7. The second-order valence-electron chi connectivity index (χ2n) is 5.47. The number of benzene rings is 1. The van der Waals surface area contributed by atoms with Gasteiger partial charge in [0.1, 0.15) is 0 Å². The van der Waals surface area contributed by atoms with Gasteiger partial charge in [0, 0.05) is 6.42 Å². The average molecular weight is 333 g/mol. The van der Waals surface area contributed by atoms with Crippen LogP contribution in [0.15, 0.2) is 41.4 Å². The molecule has 0 bridgehead atoms. The Morgan fingerprint density at radius 2 is 1.96 bits per heavy atom. The monoisotopic (exact) mass is 333 g/mol. The van der Waals surface area contributed by atoms with Crippen molar-refractivity contribution in [3.05, 3.63) is 42.1 Å². The highest BCUT2D eigenvalue weighted by Crippen LogP contribution is 2.39. The number of aryl methyl sites for hydroxylation is 1. The van der Waals surface area contributed by atoms with Crippen molar-refractivity contribution in [3.63, 3.8) is 0 Å². The summed E-state index contributed by atoms with van der Waals surface area (Å²) in [7, 11) is -4.10. The third kappa shape index (κ3) is 2.84. The van der Waals surface area contributed by atoms with Gasteiger partial charge in [0.05, 0.1) is 10.6 Å². The molecule has 0 aromatic heterocycles. The molecule has 1 amide bonds. The zero-order chi connectivity index (χ0) is 17.3. The molecule has 1 unspecified atom stereocenters. The summed E-state index contributed by atoms with van der Waals surface area (Å²) >= 11 is 0. The molecule has 1 aromatic rings. The van der Waals surface area contributed by atoms with E-state index in [4.69, 9.17) is 11.2 Å². The summed E-state index contributed by atoms with van der Waals surface area (Å²) in [4.78, 5) is 12.2. The van der Waals surface area contributed by atoms with Crippen molar-refractivity contribution < 1.29 is 17.9 Å². The van der Waals surface area contributed by atoms with E-state index in [1.54, 1.807) is 12.1 Å². The lowest BCUT2D eigenvalue weighted by molar-refractivity contribution is 0.101. The van der Waals surface area contributed by atoms with Gasteiger partial charge in [-0.3, -0.25) is 0 Å². The van der Waals surface area contributed by atoms with Crippen molar-refractivity contribution in [3.8, 4) is 12.3 Å². The number of terminal acetylenes is 1. The minimum atomic E-state index is -4.10. The lowest BCUT2D eigenvalue weighted by Crippen LogP contribution is -2.33. The number of cyclic esters (lactones) is 1. The molecule has 0 spiro atoms. The van der Waals surface area contributed by atoms with Crippen molar-refractivity contribution >= 4 is 16.1 Å². The molecule has 1 aliphatic rings. The minimum absolute atomic E-state index is 0.00971. The van der Waals surface area contributed by atoms with E-state index >= 15 is 0 Å². The number of hydrogen-bond acceptors (Lipinski definition) is 4. The number of carbonyl (C=O) groups excluding carboxylic acids is 1. The van der Waals surface area contributed by atoms with Crippen molar-refractivity contribution in [2.75, 3.05) is 0 Å². The number of carbonyl (C=O) groups is 1. The van der Waals surface area contributed by atoms with E-state index in [1.165, 1.54) is 12.1 Å². The average Bonchev–Trinajstić information content (AvgIpc) is 2.77.